The number of alkyl halides is 3. The molecule has 2 aromatic carbocycles. The summed E-state index contributed by atoms with van der Waals surface area (Å²) in [4.78, 5) is 30.4. The molecule has 15 heteroatoms. The van der Waals surface area contributed by atoms with E-state index in [1.165, 1.54) is 34.8 Å². The van der Waals surface area contributed by atoms with Crippen molar-refractivity contribution in [1.82, 2.24) is 14.6 Å². The van der Waals surface area contributed by atoms with Crippen molar-refractivity contribution in [3.8, 4) is 0 Å². The van der Waals surface area contributed by atoms with Crippen molar-refractivity contribution < 1.29 is 31.2 Å². The van der Waals surface area contributed by atoms with Gasteiger partial charge in [-0.15, -0.1) is 0 Å². The number of nitrogens with one attached hydrogen (secondary N) is 2. The fourth-order valence-corrected chi connectivity index (χ4v) is 5.71. The summed E-state index contributed by atoms with van der Waals surface area (Å²) in [6, 6.07) is 9.31. The number of urea groups is 1. The summed E-state index contributed by atoms with van der Waals surface area (Å²) >= 11 is 12.1. The van der Waals surface area contributed by atoms with Crippen molar-refractivity contribution in [1.29, 1.82) is 0 Å². The minimum absolute atomic E-state index is 0.00499. The van der Waals surface area contributed by atoms with Crippen LogP contribution in [0.25, 0.3) is 0 Å². The smallest absolute Gasteiger partial charge is 0.353 e. The van der Waals surface area contributed by atoms with E-state index in [0.717, 1.165) is 24.3 Å². The number of carbonyl (C=O) groups is 2. The quantitative estimate of drug-likeness (QED) is 0.431. The van der Waals surface area contributed by atoms with Gasteiger partial charge in [-0.05, 0) is 54.6 Å². The molecule has 0 bridgehead atoms. The van der Waals surface area contributed by atoms with Crippen LogP contribution in [0.5, 0.6) is 0 Å². The van der Waals surface area contributed by atoms with E-state index in [1.54, 1.807) is 6.07 Å². The number of benzene rings is 2. The third-order valence-corrected chi connectivity index (χ3v) is 8.18. The first kappa shape index (κ1) is 28.6. The normalized spacial score (nSPS) is 14.6. The largest absolute Gasteiger partial charge is 0.416 e. The second-order valence-corrected chi connectivity index (χ2v) is 11.1. The zero-order valence-electron chi connectivity index (χ0n) is 19.9. The van der Waals surface area contributed by atoms with Gasteiger partial charge < -0.3 is 10.2 Å². The number of carbonyl (C=O) groups excluding carboxylic acids is 2. The summed E-state index contributed by atoms with van der Waals surface area (Å²) in [6.07, 6.45) is -3.09. The molecule has 4 rings (SSSR count). The highest BCUT2D eigenvalue weighted by atomic mass is 35.5. The highest BCUT2D eigenvalue weighted by Crippen LogP contribution is 2.30. The van der Waals surface area contributed by atoms with Crippen molar-refractivity contribution in [3.63, 3.8) is 0 Å². The van der Waals surface area contributed by atoms with E-state index in [4.69, 9.17) is 23.2 Å². The molecule has 0 spiro atoms. The number of nitrogens with zero attached hydrogens (tertiary/aromatic N) is 3. The summed E-state index contributed by atoms with van der Waals surface area (Å²) in [6.45, 7) is 1.11. The Hall–Kier alpha value is -3.39. The molecule has 9 nitrogen and oxygen atoms in total. The van der Waals surface area contributed by atoms with Gasteiger partial charge in [0.2, 0.25) is 10.0 Å². The van der Waals surface area contributed by atoms with Gasteiger partial charge in [0.1, 0.15) is 5.82 Å². The van der Waals surface area contributed by atoms with Crippen LogP contribution in [0.15, 0.2) is 65.7 Å². The molecule has 2 heterocycles. The van der Waals surface area contributed by atoms with Gasteiger partial charge in [-0.25, -0.2) is 18.2 Å². The van der Waals surface area contributed by atoms with Crippen molar-refractivity contribution in [2.24, 2.45) is 0 Å². The van der Waals surface area contributed by atoms with Gasteiger partial charge in [0, 0.05) is 43.6 Å². The average Bonchev–Trinajstić information content (AvgIpc) is 2.88. The monoisotopic (exact) mass is 601 g/mol. The Balaban J connectivity index is 1.33. The number of sulfonamides is 1. The first-order valence-corrected chi connectivity index (χ1v) is 13.5. The molecule has 0 unspecified atom stereocenters. The molecule has 206 valence electrons. The number of piperazine rings is 1. The number of halogens is 5. The van der Waals surface area contributed by atoms with Gasteiger partial charge in [0.05, 0.1) is 20.5 Å². The molecule has 0 aliphatic carbocycles. The molecule has 39 heavy (non-hydrogen) atoms. The van der Waals surface area contributed by atoms with E-state index in [0.29, 0.717) is 29.0 Å². The minimum atomic E-state index is -4.55. The lowest BCUT2D eigenvalue weighted by atomic mass is 10.1. The number of imide groups is 1. The Morgan fingerprint density at radius 2 is 1.54 bits per heavy atom. The van der Waals surface area contributed by atoms with E-state index in [1.807, 2.05) is 10.2 Å². The summed E-state index contributed by atoms with van der Waals surface area (Å²) in [5, 5.41) is 5.14. The van der Waals surface area contributed by atoms with Gasteiger partial charge in [-0.2, -0.15) is 17.5 Å². The summed E-state index contributed by atoms with van der Waals surface area (Å²) < 4.78 is 65.5. The summed E-state index contributed by atoms with van der Waals surface area (Å²) in [5.41, 5.74) is -0.878. The van der Waals surface area contributed by atoms with Gasteiger partial charge in [0.25, 0.3) is 5.91 Å². The van der Waals surface area contributed by atoms with Crippen LogP contribution in [0.2, 0.25) is 10.0 Å². The predicted octanol–water partition coefficient (Wildman–Crippen LogP) is 4.88. The van der Waals surface area contributed by atoms with E-state index < -0.39 is 33.7 Å². The molecule has 0 saturated carbocycles. The second kappa shape index (κ2) is 11.4. The van der Waals surface area contributed by atoms with Crippen LogP contribution in [-0.2, 0) is 16.2 Å². The van der Waals surface area contributed by atoms with E-state index >= 15 is 0 Å². The molecule has 1 aliphatic rings. The van der Waals surface area contributed by atoms with Gasteiger partial charge in [-0.1, -0.05) is 23.2 Å². The third-order valence-electron chi connectivity index (χ3n) is 5.78. The second-order valence-electron chi connectivity index (χ2n) is 8.36. The first-order chi connectivity index (χ1) is 18.3. The lowest BCUT2D eigenvalue weighted by Gasteiger charge is -2.35. The van der Waals surface area contributed by atoms with Crippen molar-refractivity contribution >= 4 is 56.7 Å². The number of amides is 3. The number of rotatable bonds is 5. The zero-order valence-corrected chi connectivity index (χ0v) is 22.2. The molecule has 0 radical (unpaired) electrons. The lowest BCUT2D eigenvalue weighted by Crippen LogP contribution is -2.49. The zero-order chi connectivity index (χ0) is 28.4. The molecular weight excluding hydrogens is 582 g/mol. The Kier molecular flexibility index (Phi) is 8.35. The predicted molar refractivity (Wildman–Crippen MR) is 140 cm³/mol. The number of aromatic nitrogens is 1. The molecular formula is C24H20Cl2F3N5O4S. The Morgan fingerprint density at radius 1 is 0.923 bits per heavy atom. The molecule has 0 atom stereocenters. The van der Waals surface area contributed by atoms with E-state index in [9.17, 15) is 31.2 Å². The average molecular weight is 602 g/mol. The van der Waals surface area contributed by atoms with Gasteiger partial charge >= 0.3 is 12.2 Å². The molecule has 1 fully saturated rings. The number of hydrogen-bond donors (Lipinski definition) is 2. The van der Waals surface area contributed by atoms with Crippen molar-refractivity contribution in [3.05, 3.63) is 82.0 Å². The van der Waals surface area contributed by atoms with Gasteiger partial charge in [-0.3, -0.25) is 10.1 Å². The standard InChI is InChI=1S/C24H20Cl2F3N5O4S/c25-17-13-20(26)21(30-14-17)33-9-11-34(12-10-33)39(37,38)19-7-5-18(6-8-19)31-23(36)32-22(35)15-1-3-16(4-2-15)24(27,28)29/h1-8,13-14H,9-12H2,(H2,31,32,35,36). The fraction of sp³-hybridized carbons (Fsp3) is 0.208. The van der Waals surface area contributed by atoms with Crippen LogP contribution >= 0.6 is 23.2 Å². The molecule has 1 aliphatic heterocycles. The molecule has 1 saturated heterocycles. The minimum Gasteiger partial charge on any atom is -0.353 e. The molecule has 1 aromatic heterocycles. The topological polar surface area (TPSA) is 112 Å². The van der Waals surface area contributed by atoms with E-state index in [-0.39, 0.29) is 29.2 Å². The van der Waals surface area contributed by atoms with Crippen LogP contribution in [0.3, 0.4) is 0 Å². The molecule has 3 amide bonds. The van der Waals surface area contributed by atoms with Crippen LogP contribution < -0.4 is 15.5 Å². The molecule has 2 N–H and O–H groups in total. The highest BCUT2D eigenvalue weighted by molar-refractivity contribution is 7.89. The SMILES string of the molecule is O=C(NC(=O)c1ccc(C(F)(F)F)cc1)Nc1ccc(S(=O)(=O)N2CCN(c3ncc(Cl)cc3Cl)CC2)cc1. The Bertz CT molecular complexity index is 1480. The first-order valence-electron chi connectivity index (χ1n) is 11.3. The van der Waals surface area contributed by atoms with E-state index in [2.05, 4.69) is 10.3 Å². The molecule has 3 aromatic rings. The van der Waals surface area contributed by atoms with Crippen LogP contribution in [0, 0.1) is 0 Å². The number of hydrogen-bond acceptors (Lipinski definition) is 6. The van der Waals surface area contributed by atoms with Crippen LogP contribution in [0.4, 0.5) is 29.5 Å². The maximum Gasteiger partial charge on any atom is 0.416 e. The van der Waals surface area contributed by atoms with Crippen molar-refractivity contribution in [2.45, 2.75) is 11.1 Å². The Labute approximate surface area is 231 Å². The maximum absolute atomic E-state index is 13.1. The maximum atomic E-state index is 13.1. The third kappa shape index (κ3) is 6.79. The van der Waals surface area contributed by atoms with Gasteiger partial charge in [0.15, 0.2) is 0 Å². The van der Waals surface area contributed by atoms with Crippen LogP contribution in [0.1, 0.15) is 15.9 Å². The number of pyridine rings is 1. The van der Waals surface area contributed by atoms with Crippen LogP contribution in [-0.4, -0.2) is 55.8 Å². The number of anilines is 2. The Morgan fingerprint density at radius 3 is 2.10 bits per heavy atom. The fourth-order valence-electron chi connectivity index (χ4n) is 3.79. The lowest BCUT2D eigenvalue weighted by molar-refractivity contribution is -0.137. The summed E-state index contributed by atoms with van der Waals surface area (Å²) in [7, 11) is -3.83. The van der Waals surface area contributed by atoms with Crippen molar-refractivity contribution in [2.75, 3.05) is 36.4 Å². The highest BCUT2D eigenvalue weighted by Gasteiger charge is 2.31. The summed E-state index contributed by atoms with van der Waals surface area (Å²) in [5.74, 6) is -0.390.